The summed E-state index contributed by atoms with van der Waals surface area (Å²) in [4.78, 5) is 28.4. The summed E-state index contributed by atoms with van der Waals surface area (Å²) in [6.45, 7) is 3.86. The normalized spacial score (nSPS) is 18.7. The van der Waals surface area contributed by atoms with Crippen LogP contribution in [0.1, 0.15) is 24.8 Å². The Kier molecular flexibility index (Phi) is 5.92. The van der Waals surface area contributed by atoms with E-state index in [1.165, 1.54) is 25.0 Å². The van der Waals surface area contributed by atoms with Gasteiger partial charge >= 0.3 is 0 Å². The molecule has 170 valence electrons. The molecule has 8 nitrogen and oxygen atoms in total. The Morgan fingerprint density at radius 2 is 1.76 bits per heavy atom. The maximum Gasteiger partial charge on any atom is 0.269 e. The van der Waals surface area contributed by atoms with Crippen molar-refractivity contribution in [3.63, 3.8) is 0 Å². The standard InChI is InChI=1S/C25H27N5O3/c31-24(28-15-12-23(18-28)27-13-4-5-14-27)16-20-17-29(21-6-2-1-3-7-21)26-25(20)19-8-10-22(11-9-19)30(32)33/h1-3,6-11,17,23H,4-5,12-16,18H2. The van der Waals surface area contributed by atoms with Gasteiger partial charge in [0.1, 0.15) is 0 Å². The van der Waals surface area contributed by atoms with E-state index in [4.69, 9.17) is 5.10 Å². The summed E-state index contributed by atoms with van der Waals surface area (Å²) in [6.07, 6.45) is 5.69. The molecular formula is C25H27N5O3. The number of carbonyl (C=O) groups excluding carboxylic acids is 1. The average Bonchev–Trinajstić information content (AvgIpc) is 3.60. The van der Waals surface area contributed by atoms with Crippen LogP contribution >= 0.6 is 0 Å². The highest BCUT2D eigenvalue weighted by atomic mass is 16.6. The third kappa shape index (κ3) is 4.52. The minimum atomic E-state index is -0.416. The highest BCUT2D eigenvalue weighted by Gasteiger charge is 2.32. The van der Waals surface area contributed by atoms with E-state index in [1.807, 2.05) is 41.4 Å². The van der Waals surface area contributed by atoms with Crippen molar-refractivity contribution in [2.45, 2.75) is 31.7 Å². The van der Waals surface area contributed by atoms with Gasteiger partial charge in [0.25, 0.3) is 5.69 Å². The lowest BCUT2D eigenvalue weighted by Crippen LogP contribution is -2.37. The van der Waals surface area contributed by atoms with Crippen LogP contribution in [0.5, 0.6) is 0 Å². The predicted octanol–water partition coefficient (Wildman–Crippen LogP) is 3.69. The highest BCUT2D eigenvalue weighted by molar-refractivity contribution is 5.81. The zero-order valence-corrected chi connectivity index (χ0v) is 18.5. The van der Waals surface area contributed by atoms with Gasteiger partial charge in [-0.15, -0.1) is 0 Å². The zero-order valence-electron chi connectivity index (χ0n) is 18.5. The summed E-state index contributed by atoms with van der Waals surface area (Å²) in [7, 11) is 0. The smallest absolute Gasteiger partial charge is 0.269 e. The third-order valence-corrected chi connectivity index (χ3v) is 6.68. The maximum absolute atomic E-state index is 13.2. The van der Waals surface area contributed by atoms with Gasteiger partial charge in [-0.1, -0.05) is 18.2 Å². The van der Waals surface area contributed by atoms with Gasteiger partial charge in [0, 0.05) is 48.6 Å². The van der Waals surface area contributed by atoms with Gasteiger partial charge < -0.3 is 4.90 Å². The predicted molar refractivity (Wildman–Crippen MR) is 125 cm³/mol. The first kappa shape index (κ1) is 21.3. The number of nitro groups is 1. The molecule has 3 heterocycles. The second kappa shape index (κ2) is 9.15. The molecule has 0 spiro atoms. The molecule has 33 heavy (non-hydrogen) atoms. The van der Waals surface area contributed by atoms with Crippen molar-refractivity contribution in [3.8, 4) is 16.9 Å². The van der Waals surface area contributed by atoms with Gasteiger partial charge in [0.05, 0.1) is 22.7 Å². The van der Waals surface area contributed by atoms with Crippen molar-refractivity contribution >= 4 is 11.6 Å². The van der Waals surface area contributed by atoms with Gasteiger partial charge in [0.15, 0.2) is 0 Å². The van der Waals surface area contributed by atoms with Crippen LogP contribution in [0.2, 0.25) is 0 Å². The lowest BCUT2D eigenvalue weighted by molar-refractivity contribution is -0.384. The Hall–Kier alpha value is -3.52. The topological polar surface area (TPSA) is 84.5 Å². The Morgan fingerprint density at radius 3 is 2.45 bits per heavy atom. The number of nitro benzene ring substituents is 1. The minimum absolute atomic E-state index is 0.0314. The summed E-state index contributed by atoms with van der Waals surface area (Å²) in [5.41, 5.74) is 3.19. The molecule has 0 aliphatic carbocycles. The minimum Gasteiger partial charge on any atom is -0.341 e. The molecule has 8 heteroatoms. The van der Waals surface area contributed by atoms with E-state index >= 15 is 0 Å². The molecule has 2 aliphatic heterocycles. The summed E-state index contributed by atoms with van der Waals surface area (Å²) in [5, 5.41) is 15.8. The quantitative estimate of drug-likeness (QED) is 0.427. The number of amides is 1. The van der Waals surface area contributed by atoms with E-state index in [0.717, 1.165) is 49.4 Å². The Labute approximate surface area is 192 Å². The van der Waals surface area contributed by atoms with E-state index in [1.54, 1.807) is 16.8 Å². The Morgan fingerprint density at radius 1 is 1.03 bits per heavy atom. The number of non-ortho nitro benzene ring substituents is 1. The average molecular weight is 446 g/mol. The molecule has 2 saturated heterocycles. The van der Waals surface area contributed by atoms with Crippen molar-refractivity contribution < 1.29 is 9.72 Å². The van der Waals surface area contributed by atoms with Crippen LogP contribution < -0.4 is 0 Å². The van der Waals surface area contributed by atoms with E-state index < -0.39 is 4.92 Å². The molecule has 1 unspecified atom stereocenters. The zero-order chi connectivity index (χ0) is 22.8. The van der Waals surface area contributed by atoms with Crippen LogP contribution in [-0.4, -0.2) is 62.6 Å². The fraction of sp³-hybridized carbons (Fsp3) is 0.360. The second-order valence-electron chi connectivity index (χ2n) is 8.79. The van der Waals surface area contributed by atoms with E-state index in [0.29, 0.717) is 11.7 Å². The molecule has 0 N–H and O–H groups in total. The van der Waals surface area contributed by atoms with E-state index in [-0.39, 0.29) is 18.0 Å². The van der Waals surface area contributed by atoms with E-state index in [9.17, 15) is 14.9 Å². The van der Waals surface area contributed by atoms with Crippen molar-refractivity contribution in [3.05, 3.63) is 76.5 Å². The second-order valence-corrected chi connectivity index (χ2v) is 8.79. The Bertz CT molecular complexity index is 1140. The van der Waals surface area contributed by atoms with Crippen LogP contribution in [0.25, 0.3) is 16.9 Å². The molecule has 1 aromatic heterocycles. The number of nitrogens with zero attached hydrogens (tertiary/aromatic N) is 5. The molecule has 2 aliphatic rings. The van der Waals surface area contributed by atoms with Crippen molar-refractivity contribution in [1.29, 1.82) is 0 Å². The molecular weight excluding hydrogens is 418 g/mol. The Balaban J connectivity index is 1.40. The number of rotatable bonds is 6. The van der Waals surface area contributed by atoms with Gasteiger partial charge in [0.2, 0.25) is 5.91 Å². The fourth-order valence-electron chi connectivity index (χ4n) is 4.88. The van der Waals surface area contributed by atoms with Crippen molar-refractivity contribution in [1.82, 2.24) is 19.6 Å². The first-order valence-corrected chi connectivity index (χ1v) is 11.5. The number of hydrogen-bond donors (Lipinski definition) is 0. The van der Waals surface area contributed by atoms with Crippen molar-refractivity contribution in [2.24, 2.45) is 0 Å². The van der Waals surface area contributed by atoms with Crippen LogP contribution in [0.4, 0.5) is 5.69 Å². The third-order valence-electron chi connectivity index (χ3n) is 6.68. The van der Waals surface area contributed by atoms with Gasteiger partial charge in [-0.3, -0.25) is 19.8 Å². The number of likely N-dealkylation sites (tertiary alicyclic amines) is 2. The summed E-state index contributed by atoms with van der Waals surface area (Å²) in [5.74, 6) is 0.104. The van der Waals surface area contributed by atoms with Crippen molar-refractivity contribution in [2.75, 3.05) is 26.2 Å². The molecule has 2 aromatic carbocycles. The number of para-hydroxylation sites is 1. The van der Waals surface area contributed by atoms with Crippen LogP contribution in [0.15, 0.2) is 60.8 Å². The van der Waals surface area contributed by atoms with Crippen LogP contribution in [0, 0.1) is 10.1 Å². The SMILES string of the molecule is O=C(Cc1cn(-c2ccccc2)nc1-c1ccc([N+](=O)[O-])cc1)N1CCC(N2CCCC2)C1. The molecule has 5 rings (SSSR count). The van der Waals surface area contributed by atoms with Gasteiger partial charge in [-0.2, -0.15) is 5.10 Å². The van der Waals surface area contributed by atoms with Crippen LogP contribution in [-0.2, 0) is 11.2 Å². The maximum atomic E-state index is 13.2. The summed E-state index contributed by atoms with van der Waals surface area (Å²) >= 11 is 0. The molecule has 1 atom stereocenters. The summed E-state index contributed by atoms with van der Waals surface area (Å²) in [6, 6.07) is 16.6. The first-order chi connectivity index (χ1) is 16.1. The molecule has 0 radical (unpaired) electrons. The largest absolute Gasteiger partial charge is 0.341 e. The molecule has 0 bridgehead atoms. The first-order valence-electron chi connectivity index (χ1n) is 11.5. The number of benzene rings is 2. The number of carbonyl (C=O) groups is 1. The van der Waals surface area contributed by atoms with Crippen LogP contribution in [0.3, 0.4) is 0 Å². The van der Waals surface area contributed by atoms with Gasteiger partial charge in [-0.05, 0) is 56.6 Å². The molecule has 1 amide bonds. The number of hydrogen-bond acceptors (Lipinski definition) is 5. The number of aromatic nitrogens is 2. The molecule has 0 saturated carbocycles. The lowest BCUT2D eigenvalue weighted by Gasteiger charge is -2.23. The monoisotopic (exact) mass is 445 g/mol. The molecule has 2 fully saturated rings. The molecule has 3 aromatic rings. The lowest BCUT2D eigenvalue weighted by atomic mass is 10.1. The fourth-order valence-corrected chi connectivity index (χ4v) is 4.88. The van der Waals surface area contributed by atoms with Gasteiger partial charge in [-0.25, -0.2) is 4.68 Å². The van der Waals surface area contributed by atoms with E-state index in [2.05, 4.69) is 4.90 Å². The highest BCUT2D eigenvalue weighted by Crippen LogP contribution is 2.27. The summed E-state index contributed by atoms with van der Waals surface area (Å²) < 4.78 is 1.77.